The summed E-state index contributed by atoms with van der Waals surface area (Å²) in [4.78, 5) is 12.0. The minimum atomic E-state index is 0.0180. The summed E-state index contributed by atoms with van der Waals surface area (Å²) in [6, 6.07) is 7.88. The van der Waals surface area contributed by atoms with E-state index in [2.05, 4.69) is 15.5 Å². The highest BCUT2D eigenvalue weighted by atomic mass is 32.2. The van der Waals surface area contributed by atoms with E-state index < -0.39 is 0 Å². The highest BCUT2D eigenvalue weighted by Gasteiger charge is 2.29. The minimum absolute atomic E-state index is 0.0180. The first-order valence-electron chi connectivity index (χ1n) is 8.09. The van der Waals surface area contributed by atoms with Crippen LogP contribution in [0.4, 0.5) is 0 Å². The minimum Gasteiger partial charge on any atom is -0.497 e. The molecular formula is C17H22N4O2S. The van der Waals surface area contributed by atoms with Crippen LogP contribution in [0.1, 0.15) is 30.1 Å². The molecule has 3 rings (SSSR count). The first kappa shape index (κ1) is 16.8. The largest absolute Gasteiger partial charge is 0.497 e. The van der Waals surface area contributed by atoms with Gasteiger partial charge in [0.1, 0.15) is 11.6 Å². The smallest absolute Gasteiger partial charge is 0.230 e. The van der Waals surface area contributed by atoms with Crippen LogP contribution in [-0.2, 0) is 18.3 Å². The topological polar surface area (TPSA) is 69.0 Å². The predicted octanol–water partition coefficient (Wildman–Crippen LogP) is 2.15. The molecule has 1 amide bonds. The van der Waals surface area contributed by atoms with Gasteiger partial charge in [-0.05, 0) is 37.0 Å². The summed E-state index contributed by atoms with van der Waals surface area (Å²) in [6.07, 6.45) is 3.20. The number of ether oxygens (including phenoxy) is 1. The van der Waals surface area contributed by atoms with E-state index in [9.17, 15) is 4.79 Å². The standard InChI is InChI=1S/C17H22N4O2S/c1-21-16(13-5-6-13)19-20-17(21)24-11-15(22)18-10-9-12-3-7-14(23-2)8-4-12/h3-4,7-8,13H,5-6,9-11H2,1-2H3,(H,18,22). The Bertz CT molecular complexity index is 695. The maximum Gasteiger partial charge on any atom is 0.230 e. The Morgan fingerprint density at radius 2 is 2.08 bits per heavy atom. The molecule has 1 aromatic heterocycles. The summed E-state index contributed by atoms with van der Waals surface area (Å²) >= 11 is 1.43. The molecule has 128 valence electrons. The first-order chi connectivity index (χ1) is 11.7. The van der Waals surface area contributed by atoms with Crippen molar-refractivity contribution in [3.05, 3.63) is 35.7 Å². The molecule has 1 fully saturated rings. The second-order valence-corrected chi connectivity index (χ2v) is 6.85. The molecule has 6 nitrogen and oxygen atoms in total. The summed E-state index contributed by atoms with van der Waals surface area (Å²) in [5, 5.41) is 12.1. The molecule has 0 radical (unpaired) electrons. The molecule has 1 heterocycles. The van der Waals surface area contributed by atoms with Crippen LogP contribution in [0.3, 0.4) is 0 Å². The van der Waals surface area contributed by atoms with Crippen molar-refractivity contribution in [1.82, 2.24) is 20.1 Å². The van der Waals surface area contributed by atoms with Crippen molar-refractivity contribution in [2.24, 2.45) is 7.05 Å². The molecular weight excluding hydrogens is 324 g/mol. The highest BCUT2D eigenvalue weighted by molar-refractivity contribution is 7.99. The van der Waals surface area contributed by atoms with E-state index in [1.807, 2.05) is 35.9 Å². The van der Waals surface area contributed by atoms with Crippen molar-refractivity contribution in [1.29, 1.82) is 0 Å². The summed E-state index contributed by atoms with van der Waals surface area (Å²) in [6.45, 7) is 0.623. The number of thioether (sulfide) groups is 1. The molecule has 7 heteroatoms. The Balaban J connectivity index is 1.39. The molecule has 0 atom stereocenters. The molecule has 0 unspecified atom stereocenters. The summed E-state index contributed by atoms with van der Waals surface area (Å²) in [7, 11) is 3.62. The quantitative estimate of drug-likeness (QED) is 0.742. The van der Waals surface area contributed by atoms with Crippen LogP contribution in [0.25, 0.3) is 0 Å². The zero-order chi connectivity index (χ0) is 16.9. The van der Waals surface area contributed by atoms with Crippen molar-refractivity contribution in [3.63, 3.8) is 0 Å². The Morgan fingerprint density at radius 3 is 2.75 bits per heavy atom. The van der Waals surface area contributed by atoms with Gasteiger partial charge >= 0.3 is 0 Å². The Labute approximate surface area is 146 Å². The lowest BCUT2D eigenvalue weighted by Crippen LogP contribution is -2.27. The predicted molar refractivity (Wildman–Crippen MR) is 93.4 cm³/mol. The lowest BCUT2D eigenvalue weighted by atomic mass is 10.1. The third-order valence-corrected chi connectivity index (χ3v) is 5.06. The van der Waals surface area contributed by atoms with Crippen molar-refractivity contribution in [2.75, 3.05) is 19.4 Å². The molecule has 1 N–H and O–H groups in total. The normalized spacial score (nSPS) is 13.8. The maximum absolute atomic E-state index is 12.0. The van der Waals surface area contributed by atoms with Crippen LogP contribution in [0.5, 0.6) is 5.75 Å². The lowest BCUT2D eigenvalue weighted by molar-refractivity contribution is -0.118. The van der Waals surface area contributed by atoms with Crippen LogP contribution in [0.2, 0.25) is 0 Å². The van der Waals surface area contributed by atoms with Gasteiger partial charge in [-0.1, -0.05) is 23.9 Å². The first-order valence-corrected chi connectivity index (χ1v) is 9.07. The van der Waals surface area contributed by atoms with Crippen molar-refractivity contribution >= 4 is 17.7 Å². The fourth-order valence-electron chi connectivity index (χ4n) is 2.47. The van der Waals surface area contributed by atoms with Crippen molar-refractivity contribution in [2.45, 2.75) is 30.3 Å². The zero-order valence-corrected chi connectivity index (χ0v) is 14.8. The number of aromatic nitrogens is 3. The monoisotopic (exact) mass is 346 g/mol. The zero-order valence-electron chi connectivity index (χ0n) is 14.0. The molecule has 0 saturated heterocycles. The van der Waals surface area contributed by atoms with Crippen LogP contribution in [-0.4, -0.2) is 40.1 Å². The van der Waals surface area contributed by atoms with Gasteiger partial charge in [-0.25, -0.2) is 0 Å². The summed E-state index contributed by atoms with van der Waals surface area (Å²) in [5.41, 5.74) is 1.17. The number of carbonyl (C=O) groups excluding carboxylic acids is 1. The summed E-state index contributed by atoms with van der Waals surface area (Å²) < 4.78 is 7.14. The van der Waals surface area contributed by atoms with Crippen molar-refractivity contribution < 1.29 is 9.53 Å². The number of amides is 1. The molecule has 0 spiro atoms. The SMILES string of the molecule is COc1ccc(CCNC(=O)CSc2nnc(C3CC3)n2C)cc1. The van der Waals surface area contributed by atoms with E-state index in [0.29, 0.717) is 18.2 Å². The summed E-state index contributed by atoms with van der Waals surface area (Å²) in [5.74, 6) is 2.82. The molecule has 24 heavy (non-hydrogen) atoms. The van der Waals surface area contributed by atoms with E-state index in [4.69, 9.17) is 4.74 Å². The molecule has 1 aliphatic rings. The van der Waals surface area contributed by atoms with Gasteiger partial charge in [0.25, 0.3) is 0 Å². The average Bonchev–Trinajstić information content (AvgIpc) is 3.37. The number of hydrogen-bond acceptors (Lipinski definition) is 5. The number of rotatable bonds is 8. The fraction of sp³-hybridized carbons (Fsp3) is 0.471. The third-order valence-electron chi connectivity index (χ3n) is 4.04. The van der Waals surface area contributed by atoms with Gasteiger partial charge in [0, 0.05) is 19.5 Å². The van der Waals surface area contributed by atoms with Gasteiger partial charge in [-0.2, -0.15) is 0 Å². The number of carbonyl (C=O) groups is 1. The van der Waals surface area contributed by atoms with Gasteiger partial charge in [-0.3, -0.25) is 4.79 Å². The highest BCUT2D eigenvalue weighted by Crippen LogP contribution is 2.39. The van der Waals surface area contributed by atoms with Gasteiger partial charge < -0.3 is 14.6 Å². The van der Waals surface area contributed by atoms with Crippen LogP contribution in [0.15, 0.2) is 29.4 Å². The Morgan fingerprint density at radius 1 is 1.33 bits per heavy atom. The van der Waals surface area contributed by atoms with Gasteiger partial charge in [0.15, 0.2) is 5.16 Å². The van der Waals surface area contributed by atoms with E-state index in [1.165, 1.54) is 30.2 Å². The number of benzene rings is 1. The van der Waals surface area contributed by atoms with Gasteiger partial charge in [-0.15, -0.1) is 10.2 Å². The van der Waals surface area contributed by atoms with Crippen molar-refractivity contribution in [3.8, 4) is 5.75 Å². The molecule has 2 aromatic rings. The third kappa shape index (κ3) is 4.29. The Hall–Kier alpha value is -2.02. The molecule has 0 bridgehead atoms. The van der Waals surface area contributed by atoms with Gasteiger partial charge in [0.05, 0.1) is 12.9 Å². The molecule has 1 aliphatic carbocycles. The van der Waals surface area contributed by atoms with Crippen LogP contribution < -0.4 is 10.1 Å². The van der Waals surface area contributed by atoms with Crippen LogP contribution >= 0.6 is 11.8 Å². The van der Waals surface area contributed by atoms with E-state index in [-0.39, 0.29) is 5.91 Å². The lowest BCUT2D eigenvalue weighted by Gasteiger charge is -2.06. The number of nitrogens with zero attached hydrogens (tertiary/aromatic N) is 3. The number of nitrogens with one attached hydrogen (secondary N) is 1. The fourth-order valence-corrected chi connectivity index (χ4v) is 3.22. The Kier molecular flexibility index (Phi) is 5.40. The van der Waals surface area contributed by atoms with E-state index >= 15 is 0 Å². The second kappa shape index (κ2) is 7.70. The number of hydrogen-bond donors (Lipinski definition) is 1. The van der Waals surface area contributed by atoms with Crippen LogP contribution in [0, 0.1) is 0 Å². The maximum atomic E-state index is 12.0. The average molecular weight is 346 g/mol. The molecule has 0 aliphatic heterocycles. The van der Waals surface area contributed by atoms with Gasteiger partial charge in [0.2, 0.25) is 5.91 Å². The van der Waals surface area contributed by atoms with E-state index in [1.54, 1.807) is 7.11 Å². The van der Waals surface area contributed by atoms with E-state index in [0.717, 1.165) is 23.2 Å². The number of methoxy groups -OCH3 is 1. The molecule has 1 aromatic carbocycles. The second-order valence-electron chi connectivity index (χ2n) is 5.91. The molecule has 1 saturated carbocycles.